The van der Waals surface area contributed by atoms with Gasteiger partial charge in [0, 0.05) is 12.6 Å². The lowest BCUT2D eigenvalue weighted by Gasteiger charge is -2.03. The van der Waals surface area contributed by atoms with Gasteiger partial charge in [0.25, 0.3) is 0 Å². The summed E-state index contributed by atoms with van der Waals surface area (Å²) < 4.78 is 14.0. The van der Waals surface area contributed by atoms with Crippen LogP contribution in [-0.4, -0.2) is 26.8 Å². The second kappa shape index (κ2) is 6.65. The number of rotatable bonds is 6. The fraction of sp³-hybridized carbons (Fsp3) is 0.214. The Labute approximate surface area is 120 Å². The number of carboxylic acids is 1. The summed E-state index contributed by atoms with van der Waals surface area (Å²) in [6, 6.07) is 5.97. The summed E-state index contributed by atoms with van der Waals surface area (Å²) in [5.74, 6) is -1.53. The maximum atomic E-state index is 12.7. The molecule has 0 saturated heterocycles. The number of halogens is 1. The second-order valence-electron chi connectivity index (χ2n) is 4.49. The molecule has 2 aromatic rings. The zero-order valence-corrected chi connectivity index (χ0v) is 11.1. The molecular weight excluding hydrogens is 277 g/mol. The van der Waals surface area contributed by atoms with Gasteiger partial charge in [-0.2, -0.15) is 5.10 Å². The normalized spacial score (nSPS) is 10.3. The third kappa shape index (κ3) is 4.72. The first kappa shape index (κ1) is 14.7. The Morgan fingerprint density at radius 2 is 2.00 bits per heavy atom. The summed E-state index contributed by atoms with van der Waals surface area (Å²) >= 11 is 0. The molecule has 0 radical (unpaired) electrons. The van der Waals surface area contributed by atoms with Gasteiger partial charge in [0.2, 0.25) is 5.91 Å². The molecule has 7 heteroatoms. The molecule has 0 fully saturated rings. The van der Waals surface area contributed by atoms with Crippen LogP contribution in [0.25, 0.3) is 0 Å². The molecule has 110 valence electrons. The van der Waals surface area contributed by atoms with Crippen molar-refractivity contribution >= 4 is 17.6 Å². The average molecular weight is 291 g/mol. The van der Waals surface area contributed by atoms with Gasteiger partial charge in [-0.25, -0.2) is 4.39 Å². The van der Waals surface area contributed by atoms with E-state index >= 15 is 0 Å². The number of aromatic nitrogens is 2. The highest BCUT2D eigenvalue weighted by Gasteiger charge is 2.07. The first-order chi connectivity index (χ1) is 10.0. The molecule has 0 aliphatic carbocycles. The molecule has 21 heavy (non-hydrogen) atoms. The van der Waals surface area contributed by atoms with Gasteiger partial charge in [-0.3, -0.25) is 14.3 Å². The van der Waals surface area contributed by atoms with Crippen molar-refractivity contribution in [3.05, 3.63) is 48.0 Å². The maximum Gasteiger partial charge on any atom is 0.325 e. The molecule has 0 saturated carbocycles. The largest absolute Gasteiger partial charge is 0.480 e. The van der Waals surface area contributed by atoms with Gasteiger partial charge in [0.1, 0.15) is 12.4 Å². The Bertz CT molecular complexity index is 637. The number of carbonyl (C=O) groups excluding carboxylic acids is 1. The van der Waals surface area contributed by atoms with Crippen LogP contribution >= 0.6 is 0 Å². The highest BCUT2D eigenvalue weighted by molar-refractivity contribution is 5.90. The molecule has 0 aliphatic heterocycles. The minimum absolute atomic E-state index is 0.214. The van der Waals surface area contributed by atoms with Crippen molar-refractivity contribution in [2.75, 3.05) is 5.32 Å². The molecule has 2 rings (SSSR count). The number of amides is 1. The summed E-state index contributed by atoms with van der Waals surface area (Å²) in [5, 5.41) is 15.1. The maximum absolute atomic E-state index is 12.7. The zero-order chi connectivity index (χ0) is 15.2. The van der Waals surface area contributed by atoms with Crippen molar-refractivity contribution in [2.24, 2.45) is 0 Å². The molecule has 0 spiro atoms. The van der Waals surface area contributed by atoms with Crippen LogP contribution in [0.2, 0.25) is 0 Å². The Kier molecular flexibility index (Phi) is 4.65. The van der Waals surface area contributed by atoms with E-state index in [0.29, 0.717) is 12.1 Å². The number of aliphatic carboxylic acids is 1. The summed E-state index contributed by atoms with van der Waals surface area (Å²) in [5.41, 5.74) is 1.31. The highest BCUT2D eigenvalue weighted by atomic mass is 19.1. The molecule has 6 nitrogen and oxygen atoms in total. The van der Waals surface area contributed by atoms with E-state index in [1.165, 1.54) is 29.2 Å². The predicted octanol–water partition coefficient (Wildman–Crippen LogP) is 1.68. The molecule has 0 aliphatic rings. The molecule has 0 bridgehead atoms. The summed E-state index contributed by atoms with van der Waals surface area (Å²) in [6.45, 7) is -0.258. The van der Waals surface area contributed by atoms with Crippen LogP contribution in [0, 0.1) is 5.82 Å². The van der Waals surface area contributed by atoms with Crippen LogP contribution < -0.4 is 5.32 Å². The third-order valence-corrected chi connectivity index (χ3v) is 2.77. The summed E-state index contributed by atoms with van der Waals surface area (Å²) in [6.07, 6.45) is 3.58. The topological polar surface area (TPSA) is 84.2 Å². The quantitative estimate of drug-likeness (QED) is 0.848. The Hall–Kier alpha value is -2.70. The lowest BCUT2D eigenvalue weighted by molar-refractivity contribution is -0.137. The van der Waals surface area contributed by atoms with E-state index in [2.05, 4.69) is 10.4 Å². The molecule has 1 aromatic heterocycles. The molecule has 1 heterocycles. The van der Waals surface area contributed by atoms with Gasteiger partial charge < -0.3 is 10.4 Å². The van der Waals surface area contributed by atoms with Gasteiger partial charge in [-0.15, -0.1) is 0 Å². The number of nitrogens with zero attached hydrogens (tertiary/aromatic N) is 2. The molecule has 1 amide bonds. The smallest absolute Gasteiger partial charge is 0.325 e. The van der Waals surface area contributed by atoms with E-state index in [1.54, 1.807) is 12.1 Å². The van der Waals surface area contributed by atoms with Crippen molar-refractivity contribution in [1.29, 1.82) is 0 Å². The Morgan fingerprint density at radius 3 is 2.67 bits per heavy atom. The van der Waals surface area contributed by atoms with E-state index in [0.717, 1.165) is 5.56 Å². The number of carbonyl (C=O) groups is 2. The van der Waals surface area contributed by atoms with Crippen molar-refractivity contribution < 1.29 is 19.1 Å². The number of aryl methyl sites for hydroxylation is 1. The van der Waals surface area contributed by atoms with Crippen molar-refractivity contribution in [2.45, 2.75) is 19.4 Å². The van der Waals surface area contributed by atoms with Gasteiger partial charge in [-0.1, -0.05) is 12.1 Å². The van der Waals surface area contributed by atoms with Crippen LogP contribution in [0.15, 0.2) is 36.7 Å². The average Bonchev–Trinajstić information content (AvgIpc) is 2.84. The van der Waals surface area contributed by atoms with Crippen molar-refractivity contribution in [3.63, 3.8) is 0 Å². The van der Waals surface area contributed by atoms with Crippen molar-refractivity contribution in [1.82, 2.24) is 9.78 Å². The predicted molar refractivity (Wildman–Crippen MR) is 73.2 cm³/mol. The molecule has 0 unspecified atom stereocenters. The Balaban J connectivity index is 1.82. The van der Waals surface area contributed by atoms with Crippen molar-refractivity contribution in [3.8, 4) is 0 Å². The van der Waals surface area contributed by atoms with Crippen LogP contribution in [0.4, 0.5) is 10.1 Å². The second-order valence-corrected chi connectivity index (χ2v) is 4.49. The van der Waals surface area contributed by atoms with E-state index < -0.39 is 5.97 Å². The fourth-order valence-electron chi connectivity index (χ4n) is 1.79. The van der Waals surface area contributed by atoms with Gasteiger partial charge in [0.15, 0.2) is 0 Å². The van der Waals surface area contributed by atoms with E-state index in [9.17, 15) is 14.0 Å². The number of anilines is 1. The fourth-order valence-corrected chi connectivity index (χ4v) is 1.79. The minimum atomic E-state index is -1.01. The number of nitrogens with one attached hydrogen (secondary N) is 1. The van der Waals surface area contributed by atoms with Crippen LogP contribution in [0.3, 0.4) is 0 Å². The number of hydrogen-bond donors (Lipinski definition) is 2. The molecule has 0 atom stereocenters. The van der Waals surface area contributed by atoms with E-state index in [-0.39, 0.29) is 24.7 Å². The van der Waals surface area contributed by atoms with Gasteiger partial charge in [0.05, 0.1) is 11.9 Å². The molecular formula is C14H14FN3O3. The number of hydrogen-bond acceptors (Lipinski definition) is 3. The lowest BCUT2D eigenvalue weighted by Crippen LogP contribution is -2.12. The lowest BCUT2D eigenvalue weighted by atomic mass is 10.1. The Morgan fingerprint density at radius 1 is 1.29 bits per heavy atom. The first-order valence-electron chi connectivity index (χ1n) is 6.31. The highest BCUT2D eigenvalue weighted by Crippen LogP contribution is 2.08. The number of benzene rings is 1. The standard InChI is InChI=1S/C14H14FN3O3/c15-11-4-1-10(2-5-11)3-6-13(19)17-12-7-16-18(8-12)9-14(20)21/h1-2,4-5,7-8H,3,6,9H2,(H,17,19)(H,20,21). The van der Waals surface area contributed by atoms with Gasteiger partial charge in [-0.05, 0) is 24.1 Å². The minimum Gasteiger partial charge on any atom is -0.480 e. The first-order valence-corrected chi connectivity index (χ1v) is 6.31. The van der Waals surface area contributed by atoms with E-state index in [4.69, 9.17) is 5.11 Å². The molecule has 2 N–H and O–H groups in total. The summed E-state index contributed by atoms with van der Waals surface area (Å²) in [7, 11) is 0. The van der Waals surface area contributed by atoms with Crippen LogP contribution in [0.1, 0.15) is 12.0 Å². The summed E-state index contributed by atoms with van der Waals surface area (Å²) in [4.78, 5) is 22.3. The monoisotopic (exact) mass is 291 g/mol. The van der Waals surface area contributed by atoms with E-state index in [1.807, 2.05) is 0 Å². The third-order valence-electron chi connectivity index (χ3n) is 2.77. The number of carboxylic acid groups (broad SMARTS) is 1. The SMILES string of the molecule is O=C(O)Cn1cc(NC(=O)CCc2ccc(F)cc2)cn1. The molecule has 1 aromatic carbocycles. The van der Waals surface area contributed by atoms with Gasteiger partial charge >= 0.3 is 5.97 Å². The zero-order valence-electron chi connectivity index (χ0n) is 11.1. The van der Waals surface area contributed by atoms with Crippen LogP contribution in [-0.2, 0) is 22.6 Å². The van der Waals surface area contributed by atoms with Crippen LogP contribution in [0.5, 0.6) is 0 Å².